The molecular formula is C42H30N2O. The molecule has 0 unspecified atom stereocenters. The molecule has 45 heavy (non-hydrogen) atoms. The van der Waals surface area contributed by atoms with Crippen molar-refractivity contribution in [3.63, 3.8) is 0 Å². The quantitative estimate of drug-likeness (QED) is 0.208. The van der Waals surface area contributed by atoms with Crippen LogP contribution in [0.2, 0.25) is 0 Å². The molecule has 0 amide bonds. The molecule has 0 fully saturated rings. The van der Waals surface area contributed by atoms with E-state index in [1.807, 2.05) is 18.5 Å². The number of rotatable bonds is 4. The lowest BCUT2D eigenvalue weighted by molar-refractivity contribution is 0.660. The first-order valence-electron chi connectivity index (χ1n) is 15.5. The Balaban J connectivity index is 1.23. The van der Waals surface area contributed by atoms with Gasteiger partial charge in [-0.3, -0.25) is 4.98 Å². The molecule has 1 aliphatic carbocycles. The lowest BCUT2D eigenvalue weighted by Crippen LogP contribution is -2.15. The molecule has 0 saturated heterocycles. The molecular weight excluding hydrogens is 548 g/mol. The van der Waals surface area contributed by atoms with Crippen molar-refractivity contribution >= 4 is 49.8 Å². The largest absolute Gasteiger partial charge is 0.455 e. The van der Waals surface area contributed by atoms with Crippen molar-refractivity contribution in [2.75, 3.05) is 4.90 Å². The van der Waals surface area contributed by atoms with Crippen molar-refractivity contribution in [2.24, 2.45) is 0 Å². The fourth-order valence-corrected chi connectivity index (χ4v) is 7.26. The van der Waals surface area contributed by atoms with Crippen molar-refractivity contribution < 1.29 is 4.42 Å². The first kappa shape index (κ1) is 25.8. The predicted molar refractivity (Wildman–Crippen MR) is 187 cm³/mol. The van der Waals surface area contributed by atoms with Crippen molar-refractivity contribution in [1.82, 2.24) is 4.98 Å². The zero-order chi connectivity index (χ0) is 30.1. The maximum Gasteiger partial charge on any atom is 0.143 e. The molecule has 0 saturated carbocycles. The summed E-state index contributed by atoms with van der Waals surface area (Å²) in [5, 5.41) is 4.38. The second kappa shape index (κ2) is 9.67. The van der Waals surface area contributed by atoms with E-state index in [0.29, 0.717) is 0 Å². The highest BCUT2D eigenvalue weighted by Gasteiger charge is 2.35. The van der Waals surface area contributed by atoms with E-state index < -0.39 is 0 Å². The van der Waals surface area contributed by atoms with E-state index in [1.54, 1.807) is 0 Å². The summed E-state index contributed by atoms with van der Waals surface area (Å²) in [5.74, 6) is 0. The second-order valence-electron chi connectivity index (χ2n) is 12.5. The molecule has 8 aromatic rings. The summed E-state index contributed by atoms with van der Waals surface area (Å²) in [6.07, 6.45) is 3.72. The minimum Gasteiger partial charge on any atom is -0.455 e. The van der Waals surface area contributed by atoms with Gasteiger partial charge in [0.25, 0.3) is 0 Å². The summed E-state index contributed by atoms with van der Waals surface area (Å²) in [6, 6.07) is 48.0. The van der Waals surface area contributed by atoms with Gasteiger partial charge in [0, 0.05) is 62.5 Å². The summed E-state index contributed by atoms with van der Waals surface area (Å²) in [7, 11) is 0. The van der Waals surface area contributed by atoms with Crippen LogP contribution in [0.25, 0.3) is 55.0 Å². The molecule has 6 aromatic carbocycles. The maximum atomic E-state index is 6.60. The monoisotopic (exact) mass is 578 g/mol. The van der Waals surface area contributed by atoms with E-state index in [-0.39, 0.29) is 5.41 Å². The molecule has 3 heteroatoms. The van der Waals surface area contributed by atoms with Gasteiger partial charge in [-0.25, -0.2) is 0 Å². The Morgan fingerprint density at radius 2 is 1.24 bits per heavy atom. The third-order valence-electron chi connectivity index (χ3n) is 9.55. The molecule has 0 spiro atoms. The Morgan fingerprint density at radius 1 is 0.556 bits per heavy atom. The molecule has 0 bridgehead atoms. The predicted octanol–water partition coefficient (Wildman–Crippen LogP) is 11.6. The third-order valence-corrected chi connectivity index (χ3v) is 9.55. The molecule has 3 nitrogen and oxygen atoms in total. The zero-order valence-corrected chi connectivity index (χ0v) is 25.2. The van der Waals surface area contributed by atoms with Crippen molar-refractivity contribution in [3.05, 3.63) is 157 Å². The fourth-order valence-electron chi connectivity index (χ4n) is 7.26. The van der Waals surface area contributed by atoms with Gasteiger partial charge >= 0.3 is 0 Å². The van der Waals surface area contributed by atoms with Crippen LogP contribution in [-0.4, -0.2) is 4.98 Å². The maximum absolute atomic E-state index is 6.60. The summed E-state index contributed by atoms with van der Waals surface area (Å²) < 4.78 is 6.60. The molecule has 0 radical (unpaired) electrons. The molecule has 9 rings (SSSR count). The number of nitrogens with zero attached hydrogens (tertiary/aromatic N) is 2. The minimum absolute atomic E-state index is 0.0436. The van der Waals surface area contributed by atoms with Gasteiger partial charge in [-0.05, 0) is 81.9 Å². The van der Waals surface area contributed by atoms with Gasteiger partial charge in [-0.1, -0.05) is 92.7 Å². The Bertz CT molecular complexity index is 2400. The van der Waals surface area contributed by atoms with E-state index in [9.17, 15) is 0 Å². The highest BCUT2D eigenvalue weighted by atomic mass is 16.3. The van der Waals surface area contributed by atoms with E-state index in [4.69, 9.17) is 4.42 Å². The summed E-state index contributed by atoms with van der Waals surface area (Å²) in [4.78, 5) is 6.65. The van der Waals surface area contributed by atoms with Gasteiger partial charge in [-0.2, -0.15) is 0 Å². The van der Waals surface area contributed by atoms with Gasteiger partial charge in [0.15, 0.2) is 0 Å². The lowest BCUT2D eigenvalue weighted by atomic mass is 9.82. The van der Waals surface area contributed by atoms with Gasteiger partial charge in [0.2, 0.25) is 0 Å². The number of fused-ring (bicyclic) bond motifs is 8. The van der Waals surface area contributed by atoms with Gasteiger partial charge < -0.3 is 9.32 Å². The van der Waals surface area contributed by atoms with Gasteiger partial charge in [-0.15, -0.1) is 0 Å². The summed E-state index contributed by atoms with van der Waals surface area (Å²) in [6.45, 7) is 4.65. The van der Waals surface area contributed by atoms with E-state index in [2.05, 4.69) is 151 Å². The number of anilines is 3. The van der Waals surface area contributed by atoms with Crippen LogP contribution in [0.3, 0.4) is 0 Å². The van der Waals surface area contributed by atoms with Crippen LogP contribution in [0.1, 0.15) is 25.0 Å². The Labute approximate surface area is 262 Å². The third kappa shape index (κ3) is 3.94. The molecule has 1 aliphatic rings. The number of pyridine rings is 1. The Hall–Kier alpha value is -5.67. The van der Waals surface area contributed by atoms with Crippen LogP contribution in [-0.2, 0) is 5.41 Å². The van der Waals surface area contributed by atoms with Crippen molar-refractivity contribution in [2.45, 2.75) is 19.3 Å². The van der Waals surface area contributed by atoms with Crippen molar-refractivity contribution in [1.29, 1.82) is 0 Å². The van der Waals surface area contributed by atoms with Crippen LogP contribution in [0.5, 0.6) is 0 Å². The molecule has 214 valence electrons. The molecule has 0 aliphatic heterocycles. The molecule has 0 atom stereocenters. The average Bonchev–Trinajstić information content (AvgIpc) is 3.58. The molecule has 0 N–H and O–H groups in total. The van der Waals surface area contributed by atoms with Gasteiger partial charge in [0.1, 0.15) is 11.2 Å². The minimum atomic E-state index is -0.0436. The lowest BCUT2D eigenvalue weighted by Gasteiger charge is -2.27. The van der Waals surface area contributed by atoms with E-state index >= 15 is 0 Å². The molecule has 2 aromatic heterocycles. The van der Waals surface area contributed by atoms with E-state index in [1.165, 1.54) is 33.4 Å². The normalized spacial score (nSPS) is 13.3. The number of hydrogen-bond acceptors (Lipinski definition) is 3. The highest BCUT2D eigenvalue weighted by Crippen LogP contribution is 2.51. The van der Waals surface area contributed by atoms with Crippen LogP contribution >= 0.6 is 0 Å². The van der Waals surface area contributed by atoms with Crippen LogP contribution in [0.4, 0.5) is 17.1 Å². The van der Waals surface area contributed by atoms with Crippen molar-refractivity contribution in [3.8, 4) is 22.3 Å². The van der Waals surface area contributed by atoms with Gasteiger partial charge in [0.05, 0.1) is 0 Å². The number of furan rings is 1. The van der Waals surface area contributed by atoms with Crippen LogP contribution < -0.4 is 4.90 Å². The fraction of sp³-hybridized carbons (Fsp3) is 0.0714. The topological polar surface area (TPSA) is 29.3 Å². The molecule has 2 heterocycles. The smallest absolute Gasteiger partial charge is 0.143 e. The van der Waals surface area contributed by atoms with Crippen LogP contribution in [0.15, 0.2) is 150 Å². The Morgan fingerprint density at radius 3 is 2.11 bits per heavy atom. The first-order valence-corrected chi connectivity index (χ1v) is 15.5. The number of benzene rings is 6. The first-order chi connectivity index (χ1) is 22.1. The SMILES string of the molecule is CC1(C)c2ccccc2-c2cc(N(c3ccc(-c4ccccc4)cc3)c3ccc4c(c3)oc3c5ccncc5ccc43)ccc21. The zero-order valence-electron chi connectivity index (χ0n) is 25.2. The summed E-state index contributed by atoms with van der Waals surface area (Å²) in [5.41, 5.74) is 12.7. The number of aromatic nitrogens is 1. The number of hydrogen-bond donors (Lipinski definition) is 0. The standard InChI is InChI=1S/C42H30N2O/c1-42(2)38-11-7-6-10-34(38)37-24-31(18-21-39(37)42)44(30-15-12-28(13-16-30)27-8-4-3-5-9-27)32-17-20-35-36-19-14-29-26-43-23-22-33(29)41(36)45-40(35)25-32/h3-26H,1-2H3. The van der Waals surface area contributed by atoms with Crippen LogP contribution in [0, 0.1) is 0 Å². The summed E-state index contributed by atoms with van der Waals surface area (Å²) >= 11 is 0. The average molecular weight is 579 g/mol. The highest BCUT2D eigenvalue weighted by molar-refractivity contribution is 6.15. The Kier molecular flexibility index (Phi) is 5.54. The van der Waals surface area contributed by atoms with E-state index in [0.717, 1.165) is 49.8 Å². The second-order valence-corrected chi connectivity index (χ2v) is 12.5.